The summed E-state index contributed by atoms with van der Waals surface area (Å²) in [4.78, 5) is 0. The molecule has 1 N–H and O–H groups in total. The van der Waals surface area contributed by atoms with Crippen LogP contribution in [0.2, 0.25) is 0 Å². The first-order valence-electron chi connectivity index (χ1n) is 4.27. The van der Waals surface area contributed by atoms with Crippen LogP contribution in [0, 0.1) is 12.7 Å². The molecule has 0 aliphatic heterocycles. The predicted octanol–water partition coefficient (Wildman–Crippen LogP) is 1.51. The zero-order valence-corrected chi connectivity index (χ0v) is 8.21. The van der Waals surface area contributed by atoms with Crippen LogP contribution in [0.3, 0.4) is 0 Å². The van der Waals surface area contributed by atoms with E-state index in [1.165, 1.54) is 13.2 Å². The van der Waals surface area contributed by atoms with Gasteiger partial charge in [-0.25, -0.2) is 4.39 Å². The van der Waals surface area contributed by atoms with Gasteiger partial charge in [0.25, 0.3) is 0 Å². The van der Waals surface area contributed by atoms with Crippen LogP contribution in [0.1, 0.15) is 5.56 Å². The Bertz CT molecular complexity index is 312. The molecule has 3 nitrogen and oxygen atoms in total. The second kappa shape index (κ2) is 4.81. The number of methoxy groups -OCH3 is 1. The van der Waals surface area contributed by atoms with Gasteiger partial charge in [-0.15, -0.1) is 0 Å². The van der Waals surface area contributed by atoms with E-state index in [0.29, 0.717) is 11.3 Å². The lowest BCUT2D eigenvalue weighted by Gasteiger charge is -2.09. The van der Waals surface area contributed by atoms with Crippen LogP contribution in [0.25, 0.3) is 0 Å². The second-order valence-corrected chi connectivity index (χ2v) is 2.83. The highest BCUT2D eigenvalue weighted by atomic mass is 19.1. The molecule has 0 aliphatic rings. The summed E-state index contributed by atoms with van der Waals surface area (Å²) in [5.74, 6) is 0.229. The summed E-state index contributed by atoms with van der Waals surface area (Å²) in [5, 5.41) is 8.54. The second-order valence-electron chi connectivity index (χ2n) is 2.83. The molecule has 0 amide bonds. The zero-order valence-electron chi connectivity index (χ0n) is 8.21. The Morgan fingerprint density at radius 3 is 2.71 bits per heavy atom. The maximum atomic E-state index is 13.4. The molecule has 1 aromatic carbocycles. The first kappa shape index (κ1) is 10.8. The molecule has 4 heteroatoms. The third-order valence-electron chi connectivity index (χ3n) is 1.78. The minimum Gasteiger partial charge on any atom is -0.497 e. The van der Waals surface area contributed by atoms with Crippen molar-refractivity contribution in [3.05, 3.63) is 23.5 Å². The summed E-state index contributed by atoms with van der Waals surface area (Å²) < 4.78 is 23.3. The van der Waals surface area contributed by atoms with Crippen molar-refractivity contribution in [3.8, 4) is 11.5 Å². The van der Waals surface area contributed by atoms with Crippen molar-refractivity contribution in [3.63, 3.8) is 0 Å². The number of ether oxygens (including phenoxy) is 2. The highest BCUT2D eigenvalue weighted by molar-refractivity contribution is 5.39. The Balaban J connectivity index is 2.95. The molecule has 0 aliphatic carbocycles. The molecule has 0 fully saturated rings. The number of aliphatic hydroxyl groups is 1. The van der Waals surface area contributed by atoms with Crippen molar-refractivity contribution in [1.82, 2.24) is 0 Å². The molecular formula is C10H13FO3. The number of aryl methyl sites for hydroxylation is 1. The minimum atomic E-state index is -0.417. The van der Waals surface area contributed by atoms with Gasteiger partial charge in [-0.1, -0.05) is 0 Å². The van der Waals surface area contributed by atoms with Gasteiger partial charge in [-0.3, -0.25) is 0 Å². The van der Waals surface area contributed by atoms with Gasteiger partial charge in [0.1, 0.15) is 12.4 Å². The Kier molecular flexibility index (Phi) is 3.71. The lowest BCUT2D eigenvalue weighted by Crippen LogP contribution is -2.04. The Morgan fingerprint density at radius 1 is 1.43 bits per heavy atom. The van der Waals surface area contributed by atoms with Gasteiger partial charge in [-0.2, -0.15) is 0 Å². The molecule has 0 spiro atoms. The number of aliphatic hydroxyl groups excluding tert-OH is 1. The van der Waals surface area contributed by atoms with Crippen LogP contribution in [0.4, 0.5) is 4.39 Å². The lowest BCUT2D eigenvalue weighted by molar-refractivity contribution is 0.195. The van der Waals surface area contributed by atoms with Gasteiger partial charge in [-0.05, 0) is 18.6 Å². The van der Waals surface area contributed by atoms with Crippen molar-refractivity contribution in [2.24, 2.45) is 0 Å². The van der Waals surface area contributed by atoms with Crippen molar-refractivity contribution in [2.45, 2.75) is 6.92 Å². The number of hydrogen-bond donors (Lipinski definition) is 1. The molecule has 0 radical (unpaired) electrons. The quantitative estimate of drug-likeness (QED) is 0.800. The smallest absolute Gasteiger partial charge is 0.168 e. The van der Waals surface area contributed by atoms with Gasteiger partial charge in [0.05, 0.1) is 13.7 Å². The molecule has 0 heterocycles. The van der Waals surface area contributed by atoms with E-state index >= 15 is 0 Å². The number of rotatable bonds is 4. The van der Waals surface area contributed by atoms with Crippen molar-refractivity contribution in [2.75, 3.05) is 20.3 Å². The molecule has 0 atom stereocenters. The highest BCUT2D eigenvalue weighted by Gasteiger charge is 2.09. The fraction of sp³-hybridized carbons (Fsp3) is 0.400. The van der Waals surface area contributed by atoms with Gasteiger partial charge in [0, 0.05) is 6.07 Å². The van der Waals surface area contributed by atoms with E-state index in [9.17, 15) is 4.39 Å². The molecule has 0 unspecified atom stereocenters. The minimum absolute atomic E-state index is 0.0729. The van der Waals surface area contributed by atoms with Crippen LogP contribution in [0.15, 0.2) is 12.1 Å². The standard InChI is InChI=1S/C10H13FO3/c1-7-5-8(13-2)6-9(10(7)11)14-4-3-12/h5-6,12H,3-4H2,1-2H3. The predicted molar refractivity (Wildman–Crippen MR) is 50.3 cm³/mol. The highest BCUT2D eigenvalue weighted by Crippen LogP contribution is 2.26. The maximum Gasteiger partial charge on any atom is 0.168 e. The van der Waals surface area contributed by atoms with Crippen molar-refractivity contribution >= 4 is 0 Å². The van der Waals surface area contributed by atoms with E-state index in [2.05, 4.69) is 0 Å². The van der Waals surface area contributed by atoms with E-state index in [4.69, 9.17) is 14.6 Å². The summed E-state index contributed by atoms with van der Waals surface area (Å²) in [7, 11) is 1.50. The van der Waals surface area contributed by atoms with Crippen LogP contribution in [-0.2, 0) is 0 Å². The van der Waals surface area contributed by atoms with Gasteiger partial charge >= 0.3 is 0 Å². The Morgan fingerprint density at radius 2 is 2.14 bits per heavy atom. The van der Waals surface area contributed by atoms with E-state index in [-0.39, 0.29) is 19.0 Å². The molecule has 0 saturated carbocycles. The Labute approximate surface area is 82.1 Å². The summed E-state index contributed by atoms with van der Waals surface area (Å²) >= 11 is 0. The number of hydrogen-bond acceptors (Lipinski definition) is 3. The first-order valence-corrected chi connectivity index (χ1v) is 4.27. The van der Waals surface area contributed by atoms with Crippen LogP contribution in [-0.4, -0.2) is 25.4 Å². The fourth-order valence-electron chi connectivity index (χ4n) is 1.08. The SMILES string of the molecule is COc1cc(C)c(F)c(OCCO)c1. The van der Waals surface area contributed by atoms with Crippen molar-refractivity contribution in [1.29, 1.82) is 0 Å². The third kappa shape index (κ3) is 2.35. The average Bonchev–Trinajstić information content (AvgIpc) is 2.20. The van der Waals surface area contributed by atoms with Gasteiger partial charge in [0.2, 0.25) is 0 Å². The van der Waals surface area contributed by atoms with Gasteiger partial charge in [0.15, 0.2) is 11.6 Å². The maximum absolute atomic E-state index is 13.4. The average molecular weight is 200 g/mol. The zero-order chi connectivity index (χ0) is 10.6. The van der Waals surface area contributed by atoms with Gasteiger partial charge < -0.3 is 14.6 Å². The molecular weight excluding hydrogens is 187 g/mol. The summed E-state index contributed by atoms with van der Waals surface area (Å²) in [6.07, 6.45) is 0. The van der Waals surface area contributed by atoms with E-state index < -0.39 is 5.82 Å². The lowest BCUT2D eigenvalue weighted by atomic mass is 10.2. The summed E-state index contributed by atoms with van der Waals surface area (Å²) in [5.41, 5.74) is 0.456. The first-order chi connectivity index (χ1) is 6.69. The molecule has 78 valence electrons. The molecule has 14 heavy (non-hydrogen) atoms. The van der Waals surface area contributed by atoms with E-state index in [1.807, 2.05) is 0 Å². The van der Waals surface area contributed by atoms with E-state index in [0.717, 1.165) is 0 Å². The molecule has 0 saturated heterocycles. The molecule has 0 bridgehead atoms. The summed E-state index contributed by atoms with van der Waals surface area (Å²) in [6.45, 7) is 1.56. The van der Waals surface area contributed by atoms with E-state index in [1.54, 1.807) is 13.0 Å². The monoisotopic (exact) mass is 200 g/mol. The third-order valence-corrected chi connectivity index (χ3v) is 1.78. The fourth-order valence-corrected chi connectivity index (χ4v) is 1.08. The Hall–Kier alpha value is -1.29. The van der Waals surface area contributed by atoms with Crippen LogP contribution in [0.5, 0.6) is 11.5 Å². The molecule has 0 aromatic heterocycles. The van der Waals surface area contributed by atoms with Crippen molar-refractivity contribution < 1.29 is 19.0 Å². The number of halogens is 1. The van der Waals surface area contributed by atoms with Crippen LogP contribution >= 0.6 is 0 Å². The number of benzene rings is 1. The van der Waals surface area contributed by atoms with Crippen LogP contribution < -0.4 is 9.47 Å². The molecule has 1 rings (SSSR count). The summed E-state index contributed by atoms with van der Waals surface area (Å²) in [6, 6.07) is 3.04. The largest absolute Gasteiger partial charge is 0.497 e. The molecule has 1 aromatic rings. The normalized spacial score (nSPS) is 10.0. The topological polar surface area (TPSA) is 38.7 Å².